The topological polar surface area (TPSA) is 50.9 Å². The van der Waals surface area contributed by atoms with Crippen molar-refractivity contribution in [3.8, 4) is 11.4 Å². The molecule has 0 bridgehead atoms. The number of aromatic hydroxyl groups is 1. The maximum Gasteiger partial charge on any atom is 0.143 e. The predicted molar refractivity (Wildman–Crippen MR) is 88.5 cm³/mol. The molecule has 0 saturated heterocycles. The number of hydrogen-bond acceptors (Lipinski definition) is 3. The average Bonchev–Trinajstić information content (AvgIpc) is 2.95. The van der Waals surface area contributed by atoms with Crippen LogP contribution in [-0.4, -0.2) is 20.1 Å². The molecule has 1 heterocycles. The van der Waals surface area contributed by atoms with Crippen molar-refractivity contribution in [3.05, 3.63) is 47.5 Å². The molecule has 0 aliphatic heterocycles. The molecule has 3 aromatic rings. The number of aromatic nitrogens is 3. The van der Waals surface area contributed by atoms with Crippen molar-refractivity contribution in [1.29, 1.82) is 0 Å². The number of nitrogens with zero attached hydrogens (tertiary/aromatic N) is 3. The fourth-order valence-electron chi connectivity index (χ4n) is 2.56. The number of hydrogen-bond donors (Lipinski definition) is 1. The van der Waals surface area contributed by atoms with E-state index in [0.29, 0.717) is 5.69 Å². The Balaban J connectivity index is 1.96. The molecular formula is C18H21N3O. The summed E-state index contributed by atoms with van der Waals surface area (Å²) in [4.78, 5) is 1.52. The first-order valence-electron chi connectivity index (χ1n) is 7.89. The monoisotopic (exact) mass is 295 g/mol. The molecule has 1 N–H and O–H groups in total. The van der Waals surface area contributed by atoms with Gasteiger partial charge in [-0.15, -0.1) is 15.0 Å². The highest BCUT2D eigenvalue weighted by Crippen LogP contribution is 2.24. The molecular weight excluding hydrogens is 274 g/mol. The van der Waals surface area contributed by atoms with Gasteiger partial charge in [-0.05, 0) is 54.7 Å². The fourth-order valence-corrected chi connectivity index (χ4v) is 2.56. The molecule has 0 amide bonds. The Bertz CT molecular complexity index is 792. The third-order valence-electron chi connectivity index (χ3n) is 3.93. The summed E-state index contributed by atoms with van der Waals surface area (Å²) in [6.45, 7) is 4.28. The van der Waals surface area contributed by atoms with Gasteiger partial charge < -0.3 is 5.11 Å². The van der Waals surface area contributed by atoms with E-state index >= 15 is 0 Å². The van der Waals surface area contributed by atoms with E-state index in [1.165, 1.54) is 10.4 Å². The molecule has 2 aromatic carbocycles. The van der Waals surface area contributed by atoms with Gasteiger partial charge in [0, 0.05) is 0 Å². The molecule has 0 aliphatic carbocycles. The molecule has 4 heteroatoms. The number of benzene rings is 2. The molecule has 0 spiro atoms. The van der Waals surface area contributed by atoms with Crippen LogP contribution in [-0.2, 0) is 12.8 Å². The first-order valence-corrected chi connectivity index (χ1v) is 7.89. The number of aryl methyl sites for hydroxylation is 2. The van der Waals surface area contributed by atoms with Crippen LogP contribution in [0.2, 0.25) is 0 Å². The van der Waals surface area contributed by atoms with E-state index < -0.39 is 0 Å². The van der Waals surface area contributed by atoms with Gasteiger partial charge in [0.1, 0.15) is 22.5 Å². The van der Waals surface area contributed by atoms with Gasteiger partial charge in [-0.3, -0.25) is 0 Å². The van der Waals surface area contributed by atoms with Crippen LogP contribution in [0.4, 0.5) is 0 Å². The van der Waals surface area contributed by atoms with Gasteiger partial charge >= 0.3 is 0 Å². The number of phenols is 1. The van der Waals surface area contributed by atoms with Crippen LogP contribution in [0.5, 0.6) is 5.75 Å². The van der Waals surface area contributed by atoms with Crippen molar-refractivity contribution in [2.75, 3.05) is 0 Å². The minimum absolute atomic E-state index is 0.227. The Kier molecular flexibility index (Phi) is 4.09. The number of fused-ring (bicyclic) bond motifs is 1. The zero-order valence-corrected chi connectivity index (χ0v) is 13.1. The second-order valence-electron chi connectivity index (χ2n) is 5.59. The van der Waals surface area contributed by atoms with Gasteiger partial charge in [0.2, 0.25) is 0 Å². The first kappa shape index (κ1) is 14.6. The normalized spacial score (nSPS) is 11.2. The zero-order chi connectivity index (χ0) is 15.5. The first-order chi connectivity index (χ1) is 10.7. The molecule has 4 nitrogen and oxygen atoms in total. The van der Waals surface area contributed by atoms with Crippen LogP contribution in [0.1, 0.15) is 37.8 Å². The third-order valence-corrected chi connectivity index (χ3v) is 3.93. The smallest absolute Gasteiger partial charge is 0.143 e. The van der Waals surface area contributed by atoms with E-state index in [4.69, 9.17) is 0 Å². The molecule has 0 saturated carbocycles. The van der Waals surface area contributed by atoms with Crippen molar-refractivity contribution >= 4 is 11.0 Å². The minimum Gasteiger partial charge on any atom is -0.506 e. The summed E-state index contributed by atoms with van der Waals surface area (Å²) < 4.78 is 0. The third kappa shape index (κ3) is 2.82. The van der Waals surface area contributed by atoms with Crippen LogP contribution in [0, 0.1) is 0 Å². The summed E-state index contributed by atoms with van der Waals surface area (Å²) in [6, 6.07) is 11.8. The van der Waals surface area contributed by atoms with Crippen molar-refractivity contribution in [3.63, 3.8) is 0 Å². The molecule has 114 valence electrons. The lowest BCUT2D eigenvalue weighted by Crippen LogP contribution is -1.99. The quantitative estimate of drug-likeness (QED) is 0.773. The maximum absolute atomic E-state index is 10.3. The predicted octanol–water partition coefficient (Wildman–Crippen LogP) is 4.03. The highest BCUT2D eigenvalue weighted by atomic mass is 16.3. The zero-order valence-electron chi connectivity index (χ0n) is 13.1. The SMILES string of the molecule is CCCCc1ccc(-n2nc3ccc(CC)cc3n2)c(O)c1. The second kappa shape index (κ2) is 6.18. The standard InChI is InChI=1S/C18H21N3O/c1-3-5-6-14-8-10-17(18(22)12-14)21-19-15-9-7-13(4-2)11-16(15)20-21/h7-12,22H,3-6H2,1-2H3. The van der Waals surface area contributed by atoms with E-state index in [9.17, 15) is 5.11 Å². The van der Waals surface area contributed by atoms with E-state index in [1.807, 2.05) is 30.3 Å². The van der Waals surface area contributed by atoms with E-state index in [1.54, 1.807) is 0 Å². The van der Waals surface area contributed by atoms with E-state index in [2.05, 4.69) is 30.1 Å². The number of unbranched alkanes of at least 4 members (excludes halogenated alkanes) is 1. The number of phenolic OH excluding ortho intramolecular Hbond substituents is 1. The molecule has 0 unspecified atom stereocenters. The van der Waals surface area contributed by atoms with Crippen molar-refractivity contribution in [1.82, 2.24) is 15.0 Å². The molecule has 0 aliphatic rings. The van der Waals surface area contributed by atoms with E-state index in [-0.39, 0.29) is 5.75 Å². The summed E-state index contributed by atoms with van der Waals surface area (Å²) >= 11 is 0. The van der Waals surface area contributed by atoms with Crippen molar-refractivity contribution in [2.24, 2.45) is 0 Å². The van der Waals surface area contributed by atoms with Crippen molar-refractivity contribution in [2.45, 2.75) is 39.5 Å². The van der Waals surface area contributed by atoms with Gasteiger partial charge in [0.25, 0.3) is 0 Å². The summed E-state index contributed by atoms with van der Waals surface area (Å²) in [5.41, 5.74) is 4.70. The van der Waals surface area contributed by atoms with Crippen LogP contribution in [0.25, 0.3) is 16.7 Å². The van der Waals surface area contributed by atoms with Gasteiger partial charge in [0.15, 0.2) is 0 Å². The molecule has 0 atom stereocenters. The molecule has 0 fully saturated rings. The lowest BCUT2D eigenvalue weighted by molar-refractivity contribution is 0.467. The van der Waals surface area contributed by atoms with Crippen LogP contribution in [0.3, 0.4) is 0 Å². The van der Waals surface area contributed by atoms with Gasteiger partial charge in [-0.2, -0.15) is 0 Å². The molecule has 0 radical (unpaired) electrons. The largest absolute Gasteiger partial charge is 0.506 e. The Morgan fingerprint density at radius 2 is 1.73 bits per heavy atom. The number of rotatable bonds is 5. The Morgan fingerprint density at radius 1 is 0.955 bits per heavy atom. The average molecular weight is 295 g/mol. The van der Waals surface area contributed by atoms with Gasteiger partial charge in [-0.1, -0.05) is 32.4 Å². The van der Waals surface area contributed by atoms with E-state index in [0.717, 1.165) is 42.3 Å². The lowest BCUT2D eigenvalue weighted by Gasteiger charge is -2.06. The Hall–Kier alpha value is -2.36. The van der Waals surface area contributed by atoms with Gasteiger partial charge in [-0.25, -0.2) is 0 Å². The minimum atomic E-state index is 0.227. The fraction of sp³-hybridized carbons (Fsp3) is 0.333. The molecule has 22 heavy (non-hydrogen) atoms. The Morgan fingerprint density at radius 3 is 2.45 bits per heavy atom. The summed E-state index contributed by atoms with van der Waals surface area (Å²) in [5.74, 6) is 0.227. The highest BCUT2D eigenvalue weighted by molar-refractivity contribution is 5.74. The maximum atomic E-state index is 10.3. The molecule has 3 rings (SSSR count). The lowest BCUT2D eigenvalue weighted by atomic mass is 10.1. The van der Waals surface area contributed by atoms with Crippen LogP contribution in [0.15, 0.2) is 36.4 Å². The summed E-state index contributed by atoms with van der Waals surface area (Å²) in [5, 5.41) is 19.2. The highest BCUT2D eigenvalue weighted by Gasteiger charge is 2.10. The second-order valence-corrected chi connectivity index (χ2v) is 5.59. The van der Waals surface area contributed by atoms with Crippen molar-refractivity contribution < 1.29 is 5.11 Å². The van der Waals surface area contributed by atoms with Crippen LogP contribution >= 0.6 is 0 Å². The summed E-state index contributed by atoms with van der Waals surface area (Å²) in [6.07, 6.45) is 4.23. The summed E-state index contributed by atoms with van der Waals surface area (Å²) in [7, 11) is 0. The van der Waals surface area contributed by atoms with Gasteiger partial charge in [0.05, 0.1) is 0 Å². The molecule has 1 aromatic heterocycles. The Labute approximate surface area is 130 Å². The van der Waals surface area contributed by atoms with Crippen LogP contribution < -0.4 is 0 Å².